The molecule has 0 aliphatic heterocycles. The fourth-order valence-corrected chi connectivity index (χ4v) is 2.04. The van der Waals surface area contributed by atoms with E-state index >= 15 is 0 Å². The molecule has 0 saturated heterocycles. The van der Waals surface area contributed by atoms with Crippen LogP contribution in [0.25, 0.3) is 0 Å². The summed E-state index contributed by atoms with van der Waals surface area (Å²) < 4.78 is 14.7. The van der Waals surface area contributed by atoms with E-state index in [1.807, 2.05) is 41.5 Å². The van der Waals surface area contributed by atoms with Gasteiger partial charge in [-0.3, -0.25) is 0 Å². The van der Waals surface area contributed by atoms with Gasteiger partial charge in [0.15, 0.2) is 12.0 Å². The predicted molar refractivity (Wildman–Crippen MR) is 118 cm³/mol. The van der Waals surface area contributed by atoms with Gasteiger partial charge in [0.1, 0.15) is 11.3 Å². The van der Waals surface area contributed by atoms with E-state index < -0.39 is 11.9 Å². The molecule has 0 fully saturated rings. The molecule has 0 atom stereocenters. The van der Waals surface area contributed by atoms with Crippen molar-refractivity contribution in [3.63, 3.8) is 0 Å². The molecular formula is C21H36NO6S+. The number of quaternary nitrogens is 1. The summed E-state index contributed by atoms with van der Waals surface area (Å²) in [6, 6.07) is 6.49. The number of hydroxylamine groups is 1. The van der Waals surface area contributed by atoms with Crippen LogP contribution in [0.1, 0.15) is 51.9 Å². The fourth-order valence-electron chi connectivity index (χ4n) is 1.53. The Kier molecular flexibility index (Phi) is 23.8. The van der Waals surface area contributed by atoms with Crippen LogP contribution in [0, 0.1) is 0 Å². The minimum atomic E-state index is -0.543. The molecular weight excluding hydrogens is 394 g/mol. The van der Waals surface area contributed by atoms with Crippen LogP contribution in [0.5, 0.6) is 5.75 Å². The standard InChI is InChI=1S/C15H17NO6S.3C2H6/c1-20-14(17)11-6-4-5-7-12(11)22-9-10(16-19)8-13(23-3)15(18)21-2;3*1-2/h4-9,16,19H,1-3H3;3*1-2H3/p+1/b10-9-,13-8-;;;. The lowest BCUT2D eigenvalue weighted by atomic mass is 10.2. The zero-order chi connectivity index (χ0) is 23.2. The van der Waals surface area contributed by atoms with Crippen LogP contribution in [0.15, 0.2) is 47.2 Å². The number of carbonyl (C=O) groups is 2. The van der Waals surface area contributed by atoms with Gasteiger partial charge >= 0.3 is 11.9 Å². The first-order valence-corrected chi connectivity index (χ1v) is 10.7. The largest absolute Gasteiger partial charge is 0.465 e. The van der Waals surface area contributed by atoms with Crippen molar-refractivity contribution in [2.24, 2.45) is 0 Å². The number of rotatable bonds is 7. The molecule has 0 heterocycles. The van der Waals surface area contributed by atoms with Crippen LogP contribution in [0.2, 0.25) is 0 Å². The summed E-state index contributed by atoms with van der Waals surface area (Å²) in [6.07, 6.45) is 4.31. The van der Waals surface area contributed by atoms with Crippen LogP contribution in [-0.4, -0.2) is 37.6 Å². The Balaban J connectivity index is -0.00000103. The number of hydrogen-bond donors (Lipinski definition) is 2. The van der Waals surface area contributed by atoms with Gasteiger partial charge in [0.05, 0.1) is 19.1 Å². The number of thioether (sulfide) groups is 1. The SMILES string of the molecule is CC.CC.CC.COC(=O)/C(=C/C(=C/Oc1ccccc1C(=O)OC)[NH2+]O)SC. The second-order valence-electron chi connectivity index (χ2n) is 4.06. The van der Waals surface area contributed by atoms with E-state index in [1.54, 1.807) is 30.5 Å². The first kappa shape index (κ1) is 31.4. The lowest BCUT2D eigenvalue weighted by Gasteiger charge is -2.06. The van der Waals surface area contributed by atoms with Crippen molar-refractivity contribution in [1.29, 1.82) is 0 Å². The summed E-state index contributed by atoms with van der Waals surface area (Å²) in [5, 5.41) is 9.26. The zero-order valence-electron chi connectivity index (χ0n) is 18.9. The Morgan fingerprint density at radius 3 is 2.00 bits per heavy atom. The first-order chi connectivity index (χ1) is 14.1. The summed E-state index contributed by atoms with van der Waals surface area (Å²) in [5.41, 5.74) is 1.24. The number of ether oxygens (including phenoxy) is 3. The van der Waals surface area contributed by atoms with Crippen molar-refractivity contribution in [3.05, 3.63) is 52.8 Å². The van der Waals surface area contributed by atoms with Crippen molar-refractivity contribution in [2.45, 2.75) is 41.5 Å². The highest BCUT2D eigenvalue weighted by atomic mass is 32.2. The highest BCUT2D eigenvalue weighted by molar-refractivity contribution is 8.03. The third-order valence-corrected chi connectivity index (χ3v) is 3.39. The summed E-state index contributed by atoms with van der Waals surface area (Å²) in [4.78, 5) is 23.4. The van der Waals surface area contributed by atoms with E-state index in [1.165, 1.54) is 26.6 Å². The van der Waals surface area contributed by atoms with Gasteiger partial charge in [0.25, 0.3) is 0 Å². The molecule has 0 aliphatic carbocycles. The third-order valence-electron chi connectivity index (χ3n) is 2.67. The number of allylic oxidation sites excluding steroid dienone is 1. The van der Waals surface area contributed by atoms with Gasteiger partial charge in [-0.25, -0.2) is 14.8 Å². The zero-order valence-corrected chi connectivity index (χ0v) is 19.8. The molecule has 0 radical (unpaired) electrons. The summed E-state index contributed by atoms with van der Waals surface area (Å²) >= 11 is 1.16. The molecule has 8 heteroatoms. The highest BCUT2D eigenvalue weighted by Crippen LogP contribution is 2.20. The average molecular weight is 431 g/mol. The molecule has 0 amide bonds. The summed E-state index contributed by atoms with van der Waals surface area (Å²) in [7, 11) is 2.53. The Labute approximate surface area is 179 Å². The molecule has 1 rings (SSSR count). The van der Waals surface area contributed by atoms with Gasteiger partial charge in [0, 0.05) is 6.08 Å². The first-order valence-electron chi connectivity index (χ1n) is 9.43. The quantitative estimate of drug-likeness (QED) is 0.220. The van der Waals surface area contributed by atoms with Crippen molar-refractivity contribution in [2.75, 3.05) is 20.5 Å². The molecule has 0 aromatic heterocycles. The fraction of sp³-hybridized carbons (Fsp3) is 0.429. The minimum absolute atomic E-state index is 0.222. The van der Waals surface area contributed by atoms with Crippen LogP contribution in [0.3, 0.4) is 0 Å². The normalized spacial score (nSPS) is 10.0. The van der Waals surface area contributed by atoms with Crippen LogP contribution in [0.4, 0.5) is 0 Å². The molecule has 0 aliphatic rings. The van der Waals surface area contributed by atoms with Gasteiger partial charge in [0.2, 0.25) is 0 Å². The molecule has 0 spiro atoms. The molecule has 166 valence electrons. The minimum Gasteiger partial charge on any atom is -0.465 e. The molecule has 1 aromatic carbocycles. The van der Waals surface area contributed by atoms with Crippen molar-refractivity contribution < 1.29 is 34.5 Å². The maximum atomic E-state index is 11.6. The highest BCUT2D eigenvalue weighted by Gasteiger charge is 2.14. The maximum absolute atomic E-state index is 11.6. The average Bonchev–Trinajstić information content (AvgIpc) is 2.82. The second-order valence-corrected chi connectivity index (χ2v) is 4.90. The Hall–Kier alpha value is -2.29. The number of carbonyl (C=O) groups excluding carboxylic acids is 2. The number of esters is 2. The van der Waals surface area contributed by atoms with E-state index in [4.69, 9.17) is 4.74 Å². The monoisotopic (exact) mass is 430 g/mol. The van der Waals surface area contributed by atoms with Crippen molar-refractivity contribution in [1.82, 2.24) is 0 Å². The molecule has 29 heavy (non-hydrogen) atoms. The van der Waals surface area contributed by atoms with Gasteiger partial charge in [-0.1, -0.05) is 53.7 Å². The Morgan fingerprint density at radius 1 is 1.00 bits per heavy atom. The van der Waals surface area contributed by atoms with Gasteiger partial charge in [-0.05, 0) is 18.4 Å². The van der Waals surface area contributed by atoms with Gasteiger partial charge in [-0.2, -0.15) is 5.48 Å². The smallest absolute Gasteiger partial charge is 0.344 e. The summed E-state index contributed by atoms with van der Waals surface area (Å²) in [6.45, 7) is 12.0. The number of benzene rings is 1. The lowest BCUT2D eigenvalue weighted by Crippen LogP contribution is -2.78. The van der Waals surface area contributed by atoms with E-state index in [9.17, 15) is 14.8 Å². The molecule has 1 aromatic rings. The number of hydrogen-bond acceptors (Lipinski definition) is 7. The van der Waals surface area contributed by atoms with E-state index in [2.05, 4.69) is 9.47 Å². The van der Waals surface area contributed by atoms with Crippen molar-refractivity contribution >= 4 is 23.7 Å². The van der Waals surface area contributed by atoms with Gasteiger partial charge < -0.3 is 14.2 Å². The van der Waals surface area contributed by atoms with E-state index in [0.717, 1.165) is 17.2 Å². The van der Waals surface area contributed by atoms with E-state index in [0.29, 0.717) is 0 Å². The number of methoxy groups -OCH3 is 2. The van der Waals surface area contributed by atoms with Crippen LogP contribution < -0.4 is 10.2 Å². The van der Waals surface area contributed by atoms with E-state index in [-0.39, 0.29) is 21.9 Å². The Bertz CT molecular complexity index is 629. The molecule has 7 nitrogen and oxygen atoms in total. The van der Waals surface area contributed by atoms with Crippen molar-refractivity contribution in [3.8, 4) is 5.75 Å². The number of nitrogens with two attached hydrogens (primary N) is 1. The maximum Gasteiger partial charge on any atom is 0.344 e. The Morgan fingerprint density at radius 2 is 1.55 bits per heavy atom. The molecule has 0 saturated carbocycles. The second kappa shape index (κ2) is 22.0. The number of para-hydroxylation sites is 1. The lowest BCUT2D eigenvalue weighted by molar-refractivity contribution is -0.848. The van der Waals surface area contributed by atoms with Crippen LogP contribution in [-0.2, 0) is 14.3 Å². The summed E-state index contributed by atoms with van der Waals surface area (Å²) in [5.74, 6) is -0.811. The predicted octanol–water partition coefficient (Wildman–Crippen LogP) is 4.14. The topological polar surface area (TPSA) is 98.7 Å². The van der Waals surface area contributed by atoms with Gasteiger partial charge in [-0.15, -0.1) is 11.8 Å². The molecule has 3 N–H and O–H groups in total. The van der Waals surface area contributed by atoms with Crippen LogP contribution >= 0.6 is 11.8 Å². The third kappa shape index (κ3) is 12.7. The molecule has 0 unspecified atom stereocenters. The molecule has 0 bridgehead atoms.